The lowest BCUT2D eigenvalue weighted by atomic mass is 9.70. The van der Waals surface area contributed by atoms with Crippen LogP contribution in [0.15, 0.2) is 102 Å². The fourth-order valence-corrected chi connectivity index (χ4v) is 7.31. The summed E-state index contributed by atoms with van der Waals surface area (Å²) in [4.78, 5) is 21.6. The first-order valence-corrected chi connectivity index (χ1v) is 16.5. The maximum atomic E-state index is 13.2. The fourth-order valence-electron chi connectivity index (χ4n) is 6.06. The Morgan fingerprint density at radius 3 is 2.33 bits per heavy atom. The molecule has 0 unspecified atom stereocenters. The number of carbonyl (C=O) groups is 1. The van der Waals surface area contributed by atoms with Crippen LogP contribution in [0.3, 0.4) is 0 Å². The molecule has 2 aromatic rings. The Morgan fingerprint density at radius 2 is 1.72 bits per heavy atom. The lowest BCUT2D eigenvalue weighted by Crippen LogP contribution is -2.48. The average molecular weight is 599 g/mol. The minimum absolute atomic E-state index is 0.0154. The number of piperazine rings is 1. The molecule has 1 aliphatic heterocycles. The SMILES string of the molecule is C=C/N=C1\C(=C)C=CC=C1S(=O)(=O)Nc1ccc(C(=O)N2CCN(Cc3ccc(C(C)(C)CC4CCC4)cc3)CC2)cc1. The molecule has 7 nitrogen and oxygen atoms in total. The second kappa shape index (κ2) is 12.9. The van der Waals surface area contributed by atoms with Gasteiger partial charge in [0.1, 0.15) is 4.91 Å². The molecule has 2 aromatic carbocycles. The highest BCUT2D eigenvalue weighted by molar-refractivity contribution is 7.97. The van der Waals surface area contributed by atoms with Crippen molar-refractivity contribution in [3.63, 3.8) is 0 Å². The van der Waals surface area contributed by atoms with Crippen molar-refractivity contribution in [2.24, 2.45) is 10.9 Å². The first-order chi connectivity index (χ1) is 20.6. The Morgan fingerprint density at radius 1 is 1.05 bits per heavy atom. The number of sulfonamides is 1. The minimum atomic E-state index is -3.92. The fraction of sp³-hybridized carbons (Fsp3) is 0.371. The summed E-state index contributed by atoms with van der Waals surface area (Å²) in [6, 6.07) is 15.6. The van der Waals surface area contributed by atoms with Gasteiger partial charge >= 0.3 is 0 Å². The molecule has 2 aliphatic carbocycles. The summed E-state index contributed by atoms with van der Waals surface area (Å²) < 4.78 is 28.7. The third-order valence-electron chi connectivity index (χ3n) is 8.80. The van der Waals surface area contributed by atoms with E-state index in [1.165, 1.54) is 49.1 Å². The highest BCUT2D eigenvalue weighted by Gasteiger charge is 2.29. The largest absolute Gasteiger partial charge is 0.336 e. The van der Waals surface area contributed by atoms with Gasteiger partial charge in [0.15, 0.2) is 0 Å². The smallest absolute Gasteiger partial charge is 0.264 e. The Hall–Kier alpha value is -3.75. The highest BCUT2D eigenvalue weighted by atomic mass is 32.2. The van der Waals surface area contributed by atoms with Gasteiger partial charge in [0.2, 0.25) is 0 Å². The topological polar surface area (TPSA) is 82.1 Å². The summed E-state index contributed by atoms with van der Waals surface area (Å²) >= 11 is 0. The van der Waals surface area contributed by atoms with Gasteiger partial charge in [-0.15, -0.1) is 0 Å². The van der Waals surface area contributed by atoms with Crippen molar-refractivity contribution in [1.29, 1.82) is 0 Å². The lowest BCUT2D eigenvalue weighted by molar-refractivity contribution is 0.0628. The van der Waals surface area contributed by atoms with E-state index in [2.05, 4.69) is 65.9 Å². The number of hydrogen-bond acceptors (Lipinski definition) is 5. The Bertz CT molecular complexity index is 1560. The Labute approximate surface area is 256 Å². The van der Waals surface area contributed by atoms with Crippen LogP contribution in [0, 0.1) is 5.92 Å². The van der Waals surface area contributed by atoms with E-state index in [4.69, 9.17) is 0 Å². The van der Waals surface area contributed by atoms with Crippen molar-refractivity contribution in [3.8, 4) is 0 Å². The molecule has 1 saturated heterocycles. The maximum Gasteiger partial charge on any atom is 0.264 e. The van der Waals surface area contributed by atoms with Crippen molar-refractivity contribution in [3.05, 3.63) is 113 Å². The van der Waals surface area contributed by atoms with Gasteiger partial charge in [0.25, 0.3) is 15.9 Å². The third-order valence-corrected chi connectivity index (χ3v) is 10.2. The molecule has 2 fully saturated rings. The van der Waals surface area contributed by atoms with Crippen molar-refractivity contribution in [2.75, 3.05) is 30.9 Å². The van der Waals surface area contributed by atoms with Crippen molar-refractivity contribution in [1.82, 2.24) is 9.80 Å². The van der Waals surface area contributed by atoms with Gasteiger partial charge in [-0.2, -0.15) is 0 Å². The average Bonchev–Trinajstić information content (AvgIpc) is 2.97. The number of anilines is 1. The van der Waals surface area contributed by atoms with Crippen LogP contribution in [0.2, 0.25) is 0 Å². The van der Waals surface area contributed by atoms with Crippen LogP contribution in [0.1, 0.15) is 61.0 Å². The molecule has 0 radical (unpaired) electrons. The number of benzene rings is 2. The predicted octanol–water partition coefficient (Wildman–Crippen LogP) is 6.45. The Balaban J connectivity index is 1.13. The third kappa shape index (κ3) is 7.25. The van der Waals surface area contributed by atoms with Crippen molar-refractivity contribution < 1.29 is 13.2 Å². The van der Waals surface area contributed by atoms with Crippen LogP contribution in [0.25, 0.3) is 0 Å². The van der Waals surface area contributed by atoms with Crippen molar-refractivity contribution in [2.45, 2.75) is 51.5 Å². The molecule has 43 heavy (non-hydrogen) atoms. The monoisotopic (exact) mass is 598 g/mol. The van der Waals surface area contributed by atoms with Crippen LogP contribution >= 0.6 is 0 Å². The van der Waals surface area contributed by atoms with Crippen LogP contribution in [0.5, 0.6) is 0 Å². The number of amides is 1. The zero-order chi connectivity index (χ0) is 30.6. The van der Waals surface area contributed by atoms with Gasteiger partial charge in [-0.1, -0.05) is 82.7 Å². The van der Waals surface area contributed by atoms with Gasteiger partial charge in [-0.05, 0) is 64.8 Å². The quantitative estimate of drug-likeness (QED) is 0.341. The van der Waals surface area contributed by atoms with Crippen LogP contribution in [-0.4, -0.2) is 56.0 Å². The van der Waals surface area contributed by atoms with Gasteiger partial charge in [0, 0.05) is 50.2 Å². The number of allylic oxidation sites excluding steroid dienone is 5. The van der Waals surface area contributed by atoms with E-state index in [-0.39, 0.29) is 21.9 Å². The summed E-state index contributed by atoms with van der Waals surface area (Å²) in [5.74, 6) is 0.831. The van der Waals surface area contributed by atoms with Crippen molar-refractivity contribution >= 4 is 27.3 Å². The van der Waals surface area contributed by atoms with E-state index in [9.17, 15) is 13.2 Å². The van der Waals surface area contributed by atoms with E-state index in [1.807, 2.05) is 4.90 Å². The van der Waals surface area contributed by atoms with Crippen LogP contribution in [0.4, 0.5) is 5.69 Å². The zero-order valence-corrected chi connectivity index (χ0v) is 26.1. The summed E-state index contributed by atoms with van der Waals surface area (Å²) in [5.41, 5.74) is 4.54. The van der Waals surface area contributed by atoms with E-state index >= 15 is 0 Å². The first-order valence-electron chi connectivity index (χ1n) is 15.1. The molecule has 5 rings (SSSR count). The Kier molecular flexibility index (Phi) is 9.18. The van der Waals surface area contributed by atoms with Gasteiger partial charge in [-0.3, -0.25) is 19.4 Å². The lowest BCUT2D eigenvalue weighted by Gasteiger charge is -2.36. The normalized spacial score (nSPS) is 19.2. The standard InChI is InChI=1S/C35H42N4O3S/c1-5-36-33-26(2)8-6-11-32(33)43(41,42)37-31-18-14-29(15-19-31)34(40)39-22-20-38(21-23-39)25-28-12-16-30(17-13-28)35(3,4)24-27-9-7-10-27/h5-6,8,11-19,27,37H,1-2,7,9-10,20-25H2,3-4H3/b36-33+. The maximum absolute atomic E-state index is 13.2. The second-order valence-corrected chi connectivity index (χ2v) is 14.1. The molecule has 1 amide bonds. The minimum Gasteiger partial charge on any atom is -0.336 e. The predicted molar refractivity (Wildman–Crippen MR) is 176 cm³/mol. The summed E-state index contributed by atoms with van der Waals surface area (Å²) in [6.45, 7) is 15.9. The van der Waals surface area contributed by atoms with E-state index in [1.54, 1.807) is 36.4 Å². The second-order valence-electron chi connectivity index (χ2n) is 12.4. The molecular formula is C35H42N4O3S. The van der Waals surface area contributed by atoms with Crippen LogP contribution in [-0.2, 0) is 22.0 Å². The highest BCUT2D eigenvalue weighted by Crippen LogP contribution is 2.39. The van der Waals surface area contributed by atoms with Gasteiger partial charge < -0.3 is 4.90 Å². The molecule has 8 heteroatoms. The number of hydrogen-bond donors (Lipinski definition) is 1. The number of rotatable bonds is 10. The summed E-state index contributed by atoms with van der Waals surface area (Å²) in [5, 5.41) is 0. The number of nitrogens with one attached hydrogen (secondary N) is 1. The molecule has 3 aliphatic rings. The molecule has 226 valence electrons. The van der Waals surface area contributed by atoms with Gasteiger partial charge in [-0.25, -0.2) is 8.42 Å². The number of nitrogens with zero attached hydrogens (tertiary/aromatic N) is 3. The molecule has 1 heterocycles. The van der Waals surface area contributed by atoms with Crippen LogP contribution < -0.4 is 4.72 Å². The zero-order valence-electron chi connectivity index (χ0n) is 25.3. The molecule has 1 saturated carbocycles. The molecule has 0 atom stereocenters. The molecule has 0 aromatic heterocycles. The summed E-state index contributed by atoms with van der Waals surface area (Å²) in [6.07, 6.45) is 11.5. The molecule has 1 N–H and O–H groups in total. The van der Waals surface area contributed by atoms with E-state index in [0.717, 1.165) is 25.6 Å². The van der Waals surface area contributed by atoms with E-state index in [0.29, 0.717) is 29.9 Å². The number of aliphatic imine (C=N–C) groups is 1. The molecule has 0 bridgehead atoms. The van der Waals surface area contributed by atoms with E-state index < -0.39 is 10.0 Å². The van der Waals surface area contributed by atoms with Gasteiger partial charge in [0.05, 0.1) is 5.71 Å². The first kappa shape index (κ1) is 30.7. The number of carbonyl (C=O) groups excluding carboxylic acids is 1. The molecular weight excluding hydrogens is 556 g/mol. The molecule has 0 spiro atoms. The summed E-state index contributed by atoms with van der Waals surface area (Å²) in [7, 11) is -3.92.